The van der Waals surface area contributed by atoms with Crippen LogP contribution >= 0.6 is 15.9 Å². The molecule has 0 fully saturated rings. The summed E-state index contributed by atoms with van der Waals surface area (Å²) in [6.45, 7) is 1.38. The Morgan fingerprint density at radius 2 is 2.25 bits per heavy atom. The zero-order valence-corrected chi connectivity index (χ0v) is 9.89. The van der Waals surface area contributed by atoms with Crippen LogP contribution in [-0.2, 0) is 4.79 Å². The Bertz CT molecular complexity index is 493. The van der Waals surface area contributed by atoms with Crippen molar-refractivity contribution >= 4 is 27.4 Å². The summed E-state index contributed by atoms with van der Waals surface area (Å²) in [7, 11) is 0. The van der Waals surface area contributed by atoms with Crippen molar-refractivity contribution in [3.05, 3.63) is 39.4 Å². The molecule has 0 saturated carbocycles. The van der Waals surface area contributed by atoms with Crippen LogP contribution in [0.4, 0.5) is 5.69 Å². The van der Waals surface area contributed by atoms with Gasteiger partial charge in [0, 0.05) is 12.1 Å². The van der Waals surface area contributed by atoms with Gasteiger partial charge in [0.1, 0.15) is 5.78 Å². The zero-order chi connectivity index (χ0) is 12.3. The number of halogens is 1. The van der Waals surface area contributed by atoms with Gasteiger partial charge in [-0.05, 0) is 18.6 Å². The minimum absolute atomic E-state index is 0.131. The second-order valence-electron chi connectivity index (χ2n) is 3.11. The van der Waals surface area contributed by atoms with Crippen molar-refractivity contribution in [1.29, 1.82) is 5.26 Å². The van der Waals surface area contributed by atoms with Crippen molar-refractivity contribution in [3.8, 4) is 6.07 Å². The molecule has 0 heterocycles. The van der Waals surface area contributed by atoms with Gasteiger partial charge in [-0.25, -0.2) is 0 Å². The van der Waals surface area contributed by atoms with Gasteiger partial charge in [0.2, 0.25) is 0 Å². The largest absolute Gasteiger partial charge is 0.298 e. The van der Waals surface area contributed by atoms with E-state index >= 15 is 0 Å². The third-order valence-corrected chi connectivity index (χ3v) is 3.14. The summed E-state index contributed by atoms with van der Waals surface area (Å²) < 4.78 is 0. The predicted molar refractivity (Wildman–Crippen MR) is 60.2 cm³/mol. The average Bonchev–Trinajstić information content (AvgIpc) is 2.26. The van der Waals surface area contributed by atoms with Crippen molar-refractivity contribution in [3.63, 3.8) is 0 Å². The highest BCUT2D eigenvalue weighted by atomic mass is 79.9. The van der Waals surface area contributed by atoms with Gasteiger partial charge in [0.15, 0.2) is 0 Å². The lowest BCUT2D eigenvalue weighted by atomic mass is 10.0. The van der Waals surface area contributed by atoms with Gasteiger partial charge < -0.3 is 0 Å². The highest BCUT2D eigenvalue weighted by Crippen LogP contribution is 2.29. The molecular formula is C10H7BrN2O3. The van der Waals surface area contributed by atoms with E-state index in [9.17, 15) is 14.9 Å². The van der Waals surface area contributed by atoms with Crippen molar-refractivity contribution < 1.29 is 9.72 Å². The van der Waals surface area contributed by atoms with E-state index in [1.165, 1.54) is 19.1 Å². The molecule has 0 N–H and O–H groups in total. The second-order valence-corrected chi connectivity index (χ2v) is 4.03. The monoisotopic (exact) mass is 282 g/mol. The Hall–Kier alpha value is -1.74. The standard InChI is InChI=1S/C10H7BrN2O3/c1-6(14)10(11)9-3-2-8(13(15)16)4-7(9)5-12/h2-4,10H,1H3. The molecule has 1 aromatic carbocycles. The highest BCUT2D eigenvalue weighted by Gasteiger charge is 2.19. The molecule has 0 spiro atoms. The Morgan fingerprint density at radius 3 is 2.69 bits per heavy atom. The summed E-state index contributed by atoms with van der Waals surface area (Å²) in [4.78, 5) is 20.5. The van der Waals surface area contributed by atoms with Crippen LogP contribution in [0.1, 0.15) is 22.9 Å². The summed E-state index contributed by atoms with van der Waals surface area (Å²) in [5.41, 5.74) is 0.412. The molecule has 0 aromatic heterocycles. The first kappa shape index (κ1) is 12.3. The summed E-state index contributed by atoms with van der Waals surface area (Å²) >= 11 is 3.13. The van der Waals surface area contributed by atoms with Gasteiger partial charge in [-0.1, -0.05) is 15.9 Å². The van der Waals surface area contributed by atoms with Gasteiger partial charge in [0.25, 0.3) is 5.69 Å². The molecule has 16 heavy (non-hydrogen) atoms. The molecule has 0 radical (unpaired) electrons. The lowest BCUT2D eigenvalue weighted by Gasteiger charge is -2.07. The molecule has 6 heteroatoms. The molecule has 0 aliphatic carbocycles. The summed E-state index contributed by atoms with van der Waals surface area (Å²) in [6.07, 6.45) is 0. The summed E-state index contributed by atoms with van der Waals surface area (Å²) in [5.74, 6) is -0.162. The zero-order valence-electron chi connectivity index (χ0n) is 8.31. The lowest BCUT2D eigenvalue weighted by Crippen LogP contribution is -2.04. The predicted octanol–water partition coefficient (Wildman–Crippen LogP) is 2.49. The molecule has 0 bridgehead atoms. The molecular weight excluding hydrogens is 276 g/mol. The Labute approximate surface area is 100.0 Å². The Kier molecular flexibility index (Phi) is 3.74. The van der Waals surface area contributed by atoms with E-state index in [0.29, 0.717) is 5.56 Å². The Balaban J connectivity index is 3.28. The minimum atomic E-state index is -0.608. The van der Waals surface area contributed by atoms with E-state index in [0.717, 1.165) is 6.07 Å². The molecule has 1 aromatic rings. The van der Waals surface area contributed by atoms with E-state index in [2.05, 4.69) is 15.9 Å². The normalized spacial score (nSPS) is 11.6. The van der Waals surface area contributed by atoms with E-state index < -0.39 is 9.75 Å². The highest BCUT2D eigenvalue weighted by molar-refractivity contribution is 9.09. The fourth-order valence-corrected chi connectivity index (χ4v) is 1.59. The molecule has 5 nitrogen and oxygen atoms in total. The number of nitriles is 1. The number of nitro benzene ring substituents is 1. The number of rotatable bonds is 3. The maximum absolute atomic E-state index is 11.1. The number of nitrogens with zero attached hydrogens (tertiary/aromatic N) is 2. The number of ketones is 1. The van der Waals surface area contributed by atoms with Crippen LogP contribution in [0.15, 0.2) is 18.2 Å². The third kappa shape index (κ3) is 2.44. The quantitative estimate of drug-likeness (QED) is 0.484. The number of hydrogen-bond donors (Lipinski definition) is 0. The van der Waals surface area contributed by atoms with Crippen molar-refractivity contribution in [2.75, 3.05) is 0 Å². The molecule has 0 amide bonds. The topological polar surface area (TPSA) is 84.0 Å². The Morgan fingerprint density at radius 1 is 1.62 bits per heavy atom. The number of Topliss-reactive ketones (excluding diaryl/α,β-unsaturated/α-hetero) is 1. The molecule has 0 saturated heterocycles. The fourth-order valence-electron chi connectivity index (χ4n) is 1.19. The van der Waals surface area contributed by atoms with Crippen molar-refractivity contribution in [2.24, 2.45) is 0 Å². The molecule has 0 aliphatic rings. The molecule has 1 unspecified atom stereocenters. The van der Waals surface area contributed by atoms with Gasteiger partial charge in [0.05, 0.1) is 21.4 Å². The van der Waals surface area contributed by atoms with Gasteiger partial charge >= 0.3 is 0 Å². The smallest absolute Gasteiger partial charge is 0.270 e. The van der Waals surface area contributed by atoms with Crippen molar-refractivity contribution in [1.82, 2.24) is 0 Å². The maximum atomic E-state index is 11.1. The number of non-ortho nitro benzene ring substituents is 1. The number of carbonyl (C=O) groups excluding carboxylic acids is 1. The number of hydrogen-bond acceptors (Lipinski definition) is 4. The molecule has 82 valence electrons. The van der Waals surface area contributed by atoms with Crippen LogP contribution in [0.3, 0.4) is 0 Å². The second kappa shape index (κ2) is 4.86. The first-order valence-corrected chi connectivity index (χ1v) is 5.22. The molecule has 0 aliphatic heterocycles. The van der Waals surface area contributed by atoms with Crippen LogP contribution < -0.4 is 0 Å². The van der Waals surface area contributed by atoms with E-state index in [1.54, 1.807) is 0 Å². The van der Waals surface area contributed by atoms with Crippen LogP contribution in [-0.4, -0.2) is 10.7 Å². The summed E-state index contributed by atoms with van der Waals surface area (Å²) in [5, 5.41) is 19.4. The number of carbonyl (C=O) groups is 1. The first-order chi connectivity index (χ1) is 7.47. The third-order valence-electron chi connectivity index (χ3n) is 2.00. The average molecular weight is 283 g/mol. The number of nitro groups is 1. The van der Waals surface area contributed by atoms with E-state index in [4.69, 9.17) is 5.26 Å². The van der Waals surface area contributed by atoms with Gasteiger partial charge in [-0.3, -0.25) is 14.9 Å². The number of alkyl halides is 1. The van der Waals surface area contributed by atoms with Crippen molar-refractivity contribution in [2.45, 2.75) is 11.8 Å². The number of benzene rings is 1. The molecule has 1 rings (SSSR count). The van der Waals surface area contributed by atoms with E-state index in [1.807, 2.05) is 6.07 Å². The maximum Gasteiger partial charge on any atom is 0.270 e. The van der Waals surface area contributed by atoms with Crippen LogP contribution in [0.25, 0.3) is 0 Å². The van der Waals surface area contributed by atoms with Crippen LogP contribution in [0.2, 0.25) is 0 Å². The summed E-state index contributed by atoms with van der Waals surface area (Å²) in [6, 6.07) is 5.68. The van der Waals surface area contributed by atoms with Crippen LogP contribution in [0.5, 0.6) is 0 Å². The van der Waals surface area contributed by atoms with Gasteiger partial charge in [-0.15, -0.1) is 0 Å². The SMILES string of the molecule is CC(=O)C(Br)c1ccc([N+](=O)[O-])cc1C#N. The van der Waals surface area contributed by atoms with Crippen LogP contribution in [0, 0.1) is 21.4 Å². The van der Waals surface area contributed by atoms with Gasteiger partial charge in [-0.2, -0.15) is 5.26 Å². The lowest BCUT2D eigenvalue weighted by molar-refractivity contribution is -0.384. The molecule has 1 atom stereocenters. The first-order valence-electron chi connectivity index (χ1n) is 4.30. The fraction of sp³-hybridized carbons (Fsp3) is 0.200. The minimum Gasteiger partial charge on any atom is -0.298 e. The van der Waals surface area contributed by atoms with E-state index in [-0.39, 0.29) is 17.0 Å².